The average molecular weight is 640 g/mol. The molecule has 240 valence electrons. The highest BCUT2D eigenvalue weighted by atomic mass is 32.2. The molecule has 4 aromatic rings. The number of hydrogen-bond donors (Lipinski definition) is 1. The van der Waals surface area contributed by atoms with E-state index in [1.54, 1.807) is 49.4 Å². The zero-order chi connectivity index (χ0) is 32.5. The van der Waals surface area contributed by atoms with Gasteiger partial charge in [-0.15, -0.1) is 0 Å². The number of para-hydroxylation sites is 1. The first-order valence-electron chi connectivity index (χ1n) is 15.8. The van der Waals surface area contributed by atoms with Gasteiger partial charge in [0.1, 0.15) is 24.1 Å². The molecule has 4 aromatic carbocycles. The molecule has 0 heterocycles. The molecule has 1 N–H and O–H groups in total. The lowest BCUT2D eigenvalue weighted by Gasteiger charge is -2.33. The molecule has 1 aliphatic carbocycles. The SMILES string of the molecule is Cc1ccccc1CN(C(=O)CN(c1ccc(Oc2ccccc2)cc1)S(=O)(=O)c1ccccc1)C(C)C(=O)NC1CCCCC1. The van der Waals surface area contributed by atoms with Crippen molar-refractivity contribution < 1.29 is 22.7 Å². The number of nitrogens with one attached hydrogen (secondary N) is 1. The largest absolute Gasteiger partial charge is 0.457 e. The van der Waals surface area contributed by atoms with Crippen LogP contribution in [0.5, 0.6) is 11.5 Å². The Labute approximate surface area is 272 Å². The number of rotatable bonds is 12. The summed E-state index contributed by atoms with van der Waals surface area (Å²) in [6.45, 7) is 3.33. The maximum atomic E-state index is 14.3. The number of benzene rings is 4. The molecule has 46 heavy (non-hydrogen) atoms. The summed E-state index contributed by atoms with van der Waals surface area (Å²) in [6.07, 6.45) is 5.11. The van der Waals surface area contributed by atoms with Crippen LogP contribution in [0.1, 0.15) is 50.2 Å². The zero-order valence-electron chi connectivity index (χ0n) is 26.3. The third-order valence-corrected chi connectivity index (χ3v) is 10.2. The second-order valence-electron chi connectivity index (χ2n) is 11.7. The molecule has 0 spiro atoms. The van der Waals surface area contributed by atoms with Crippen LogP contribution in [0.3, 0.4) is 0 Å². The lowest BCUT2D eigenvalue weighted by Crippen LogP contribution is -2.53. The molecule has 1 unspecified atom stereocenters. The number of nitrogens with zero attached hydrogens (tertiary/aromatic N) is 2. The molecular formula is C37H41N3O5S. The van der Waals surface area contributed by atoms with E-state index in [2.05, 4.69) is 5.32 Å². The Bertz CT molecular complexity index is 1710. The molecule has 0 saturated heterocycles. The smallest absolute Gasteiger partial charge is 0.264 e. The van der Waals surface area contributed by atoms with Crippen LogP contribution in [0.4, 0.5) is 5.69 Å². The molecule has 0 radical (unpaired) electrons. The van der Waals surface area contributed by atoms with Crippen LogP contribution in [0.25, 0.3) is 0 Å². The van der Waals surface area contributed by atoms with Crippen molar-refractivity contribution in [2.45, 2.75) is 69.5 Å². The number of carbonyl (C=O) groups excluding carboxylic acids is 2. The standard InChI is InChI=1S/C37H41N3O5S/c1-28-14-12-13-15-30(28)26-39(29(2)37(42)38-31-16-6-3-7-17-31)36(41)27-40(46(43,44)35-20-10-5-11-21-35)32-22-24-34(25-23-32)45-33-18-8-4-9-19-33/h4-5,8-15,18-25,29,31H,3,6-7,16-17,26-27H2,1-2H3,(H,38,42). The van der Waals surface area contributed by atoms with Crippen molar-refractivity contribution in [1.29, 1.82) is 0 Å². The van der Waals surface area contributed by atoms with Crippen LogP contribution in [0.15, 0.2) is 114 Å². The van der Waals surface area contributed by atoms with E-state index >= 15 is 0 Å². The summed E-state index contributed by atoms with van der Waals surface area (Å²) in [6, 6.07) is 30.8. The first-order valence-corrected chi connectivity index (χ1v) is 17.2. The van der Waals surface area contributed by atoms with Crippen LogP contribution in [-0.4, -0.2) is 43.8 Å². The second-order valence-corrected chi connectivity index (χ2v) is 13.6. The summed E-state index contributed by atoms with van der Waals surface area (Å²) >= 11 is 0. The fraction of sp³-hybridized carbons (Fsp3) is 0.297. The Balaban J connectivity index is 1.46. The first kappa shape index (κ1) is 32.8. The van der Waals surface area contributed by atoms with Crippen LogP contribution in [0.2, 0.25) is 0 Å². The Hall–Kier alpha value is -4.63. The van der Waals surface area contributed by atoms with Gasteiger partial charge in [-0.3, -0.25) is 13.9 Å². The van der Waals surface area contributed by atoms with Crippen molar-refractivity contribution in [2.24, 2.45) is 0 Å². The van der Waals surface area contributed by atoms with Gasteiger partial charge in [0.15, 0.2) is 0 Å². The summed E-state index contributed by atoms with van der Waals surface area (Å²) in [5.41, 5.74) is 2.16. The highest BCUT2D eigenvalue weighted by Gasteiger charge is 2.33. The molecule has 5 rings (SSSR count). The van der Waals surface area contributed by atoms with Gasteiger partial charge in [0, 0.05) is 12.6 Å². The predicted molar refractivity (Wildman–Crippen MR) is 180 cm³/mol. The predicted octanol–water partition coefficient (Wildman–Crippen LogP) is 6.85. The highest BCUT2D eigenvalue weighted by Crippen LogP contribution is 2.29. The maximum Gasteiger partial charge on any atom is 0.264 e. The summed E-state index contributed by atoms with van der Waals surface area (Å²) in [7, 11) is -4.16. The van der Waals surface area contributed by atoms with Crippen molar-refractivity contribution in [3.8, 4) is 11.5 Å². The number of carbonyl (C=O) groups is 2. The number of sulfonamides is 1. The first-order chi connectivity index (χ1) is 22.2. The number of hydrogen-bond acceptors (Lipinski definition) is 5. The van der Waals surface area contributed by atoms with Crippen molar-refractivity contribution in [3.63, 3.8) is 0 Å². The summed E-state index contributed by atoms with van der Waals surface area (Å²) in [5, 5.41) is 3.14. The minimum Gasteiger partial charge on any atom is -0.457 e. The van der Waals surface area contributed by atoms with Gasteiger partial charge in [-0.05, 0) is 86.3 Å². The van der Waals surface area contributed by atoms with Gasteiger partial charge in [-0.25, -0.2) is 8.42 Å². The molecule has 1 saturated carbocycles. The third-order valence-electron chi connectivity index (χ3n) is 8.43. The van der Waals surface area contributed by atoms with Crippen molar-refractivity contribution in [1.82, 2.24) is 10.2 Å². The van der Waals surface area contributed by atoms with Crippen molar-refractivity contribution in [2.75, 3.05) is 10.8 Å². The van der Waals surface area contributed by atoms with Gasteiger partial charge in [0.05, 0.1) is 10.6 Å². The summed E-state index contributed by atoms with van der Waals surface area (Å²) < 4.78 is 35.2. The fourth-order valence-corrected chi connectivity index (χ4v) is 7.11. The maximum absolute atomic E-state index is 14.3. The topological polar surface area (TPSA) is 96.0 Å². The van der Waals surface area contributed by atoms with E-state index in [0.717, 1.165) is 47.5 Å². The highest BCUT2D eigenvalue weighted by molar-refractivity contribution is 7.92. The number of anilines is 1. The van der Waals surface area contributed by atoms with Gasteiger partial charge in [-0.2, -0.15) is 0 Å². The van der Waals surface area contributed by atoms with E-state index in [0.29, 0.717) is 17.2 Å². The molecule has 1 aliphatic rings. The Morgan fingerprint density at radius 1 is 0.804 bits per heavy atom. The van der Waals surface area contributed by atoms with Gasteiger partial charge in [-0.1, -0.05) is 79.9 Å². The molecule has 1 fully saturated rings. The van der Waals surface area contributed by atoms with E-state index in [1.807, 2.05) is 61.5 Å². The van der Waals surface area contributed by atoms with E-state index in [1.165, 1.54) is 17.0 Å². The Kier molecular flexibility index (Phi) is 10.8. The monoisotopic (exact) mass is 639 g/mol. The van der Waals surface area contributed by atoms with Gasteiger partial charge in [0.2, 0.25) is 11.8 Å². The van der Waals surface area contributed by atoms with Gasteiger partial charge < -0.3 is 15.0 Å². The van der Waals surface area contributed by atoms with Crippen LogP contribution < -0.4 is 14.4 Å². The van der Waals surface area contributed by atoms with Crippen LogP contribution in [0, 0.1) is 6.92 Å². The molecule has 1 atom stereocenters. The molecule has 9 heteroatoms. The van der Waals surface area contributed by atoms with E-state index in [4.69, 9.17) is 4.74 Å². The summed E-state index contributed by atoms with van der Waals surface area (Å²) in [5.74, 6) is 0.437. The van der Waals surface area contributed by atoms with Crippen molar-refractivity contribution in [3.05, 3.63) is 120 Å². The van der Waals surface area contributed by atoms with Gasteiger partial charge in [0.25, 0.3) is 10.0 Å². The van der Waals surface area contributed by atoms with Crippen LogP contribution in [-0.2, 0) is 26.2 Å². The molecule has 0 bridgehead atoms. The Morgan fingerprint density at radius 2 is 1.39 bits per heavy atom. The quantitative estimate of drug-likeness (QED) is 0.183. The molecule has 8 nitrogen and oxygen atoms in total. The number of amides is 2. The summed E-state index contributed by atoms with van der Waals surface area (Å²) in [4.78, 5) is 29.4. The Morgan fingerprint density at radius 3 is 2.04 bits per heavy atom. The second kappa shape index (κ2) is 15.1. The molecule has 2 amide bonds. The minimum absolute atomic E-state index is 0.0564. The zero-order valence-corrected chi connectivity index (χ0v) is 27.2. The minimum atomic E-state index is -4.16. The van der Waals surface area contributed by atoms with Crippen molar-refractivity contribution >= 4 is 27.5 Å². The molecular weight excluding hydrogens is 598 g/mol. The van der Waals surface area contributed by atoms with Gasteiger partial charge >= 0.3 is 0 Å². The van der Waals surface area contributed by atoms with E-state index in [-0.39, 0.29) is 23.4 Å². The van der Waals surface area contributed by atoms with E-state index in [9.17, 15) is 18.0 Å². The average Bonchev–Trinajstić information content (AvgIpc) is 3.08. The van der Waals surface area contributed by atoms with Crippen LogP contribution >= 0.6 is 0 Å². The third kappa shape index (κ3) is 8.14. The molecule has 0 aromatic heterocycles. The number of aryl methyl sites for hydroxylation is 1. The lowest BCUT2D eigenvalue weighted by atomic mass is 9.95. The molecule has 0 aliphatic heterocycles. The number of ether oxygens (including phenoxy) is 1. The normalized spacial score (nSPS) is 14.2. The van der Waals surface area contributed by atoms with E-state index < -0.39 is 28.5 Å². The lowest BCUT2D eigenvalue weighted by molar-refractivity contribution is -0.139. The fourth-order valence-electron chi connectivity index (χ4n) is 5.68.